The molecule has 2 aromatic rings. The zero-order valence-electron chi connectivity index (χ0n) is 13.2. The fraction of sp³-hybridized carbons (Fsp3) is 0.500. The average molecular weight is 303 g/mol. The van der Waals surface area contributed by atoms with Crippen LogP contribution in [0.25, 0.3) is 0 Å². The standard InChI is InChI=1S/C16H21N3O3/c1-11-6-15(12(2)22-11)16(20)18-7-13(10-21-3)8-19-14(9-18)4-5-17-19/h4-6,13H,7-10H2,1-3H3/t13-/m1/s1. The van der Waals surface area contributed by atoms with Crippen LogP contribution < -0.4 is 0 Å². The summed E-state index contributed by atoms with van der Waals surface area (Å²) in [6.07, 6.45) is 1.78. The van der Waals surface area contributed by atoms with E-state index in [0.717, 1.165) is 18.0 Å². The largest absolute Gasteiger partial charge is 0.466 e. The van der Waals surface area contributed by atoms with Gasteiger partial charge in [0, 0.05) is 32.3 Å². The highest BCUT2D eigenvalue weighted by Crippen LogP contribution is 2.21. The molecule has 6 nitrogen and oxygen atoms in total. The van der Waals surface area contributed by atoms with Gasteiger partial charge < -0.3 is 14.1 Å². The molecule has 0 N–H and O–H groups in total. The number of methoxy groups -OCH3 is 1. The Bertz CT molecular complexity index is 674. The number of hydrogen-bond donors (Lipinski definition) is 0. The molecule has 3 rings (SSSR count). The Morgan fingerprint density at radius 2 is 2.27 bits per heavy atom. The highest BCUT2D eigenvalue weighted by Gasteiger charge is 2.28. The Morgan fingerprint density at radius 3 is 2.95 bits per heavy atom. The monoisotopic (exact) mass is 303 g/mol. The SMILES string of the molecule is COC[C@@H]1CN(C(=O)c2cc(C)oc2C)Cc2ccnn2C1. The normalized spacial score (nSPS) is 18.1. The van der Waals surface area contributed by atoms with E-state index in [1.807, 2.05) is 35.6 Å². The molecule has 1 aliphatic rings. The minimum atomic E-state index is 0.00473. The molecule has 1 atom stereocenters. The number of ether oxygens (including phenoxy) is 1. The highest BCUT2D eigenvalue weighted by atomic mass is 16.5. The molecule has 0 bridgehead atoms. The van der Waals surface area contributed by atoms with Gasteiger partial charge in [-0.05, 0) is 26.0 Å². The minimum Gasteiger partial charge on any atom is -0.466 e. The second-order valence-electron chi connectivity index (χ2n) is 5.84. The number of aromatic nitrogens is 2. The van der Waals surface area contributed by atoms with Gasteiger partial charge in [0.2, 0.25) is 0 Å². The maximum absolute atomic E-state index is 12.9. The lowest BCUT2D eigenvalue weighted by molar-refractivity contribution is 0.0664. The number of amides is 1. The van der Waals surface area contributed by atoms with Crippen LogP contribution in [-0.2, 0) is 17.8 Å². The second-order valence-corrected chi connectivity index (χ2v) is 5.84. The Balaban J connectivity index is 1.88. The van der Waals surface area contributed by atoms with Crippen LogP contribution in [0.15, 0.2) is 22.7 Å². The summed E-state index contributed by atoms with van der Waals surface area (Å²) in [6.45, 7) is 6.27. The molecule has 1 amide bonds. The topological polar surface area (TPSA) is 60.5 Å². The first-order valence-electron chi connectivity index (χ1n) is 7.44. The van der Waals surface area contributed by atoms with E-state index in [0.29, 0.717) is 31.0 Å². The molecule has 118 valence electrons. The number of aryl methyl sites for hydroxylation is 2. The van der Waals surface area contributed by atoms with Crippen molar-refractivity contribution in [1.29, 1.82) is 0 Å². The molecule has 0 saturated heterocycles. The van der Waals surface area contributed by atoms with Crippen LogP contribution in [0.2, 0.25) is 0 Å². The van der Waals surface area contributed by atoms with Crippen LogP contribution >= 0.6 is 0 Å². The number of carbonyl (C=O) groups is 1. The van der Waals surface area contributed by atoms with Crippen molar-refractivity contribution in [2.75, 3.05) is 20.3 Å². The van der Waals surface area contributed by atoms with Gasteiger partial charge in [-0.25, -0.2) is 0 Å². The fourth-order valence-corrected chi connectivity index (χ4v) is 3.04. The third kappa shape index (κ3) is 2.78. The molecule has 1 aliphatic heterocycles. The van der Waals surface area contributed by atoms with Crippen LogP contribution in [0.4, 0.5) is 0 Å². The van der Waals surface area contributed by atoms with Crippen molar-refractivity contribution in [3.05, 3.63) is 41.1 Å². The summed E-state index contributed by atoms with van der Waals surface area (Å²) in [5.74, 6) is 1.66. The van der Waals surface area contributed by atoms with E-state index in [1.165, 1.54) is 0 Å². The van der Waals surface area contributed by atoms with Crippen molar-refractivity contribution in [3.63, 3.8) is 0 Å². The van der Waals surface area contributed by atoms with Gasteiger partial charge in [0.15, 0.2) is 0 Å². The van der Waals surface area contributed by atoms with Gasteiger partial charge in [0.05, 0.1) is 24.4 Å². The minimum absolute atomic E-state index is 0.00473. The van der Waals surface area contributed by atoms with Crippen molar-refractivity contribution in [2.24, 2.45) is 5.92 Å². The number of hydrogen-bond acceptors (Lipinski definition) is 4. The lowest BCUT2D eigenvalue weighted by atomic mass is 10.1. The van der Waals surface area contributed by atoms with E-state index in [9.17, 15) is 4.79 Å². The van der Waals surface area contributed by atoms with Crippen molar-refractivity contribution in [1.82, 2.24) is 14.7 Å². The highest BCUT2D eigenvalue weighted by molar-refractivity contribution is 5.95. The maximum atomic E-state index is 12.9. The Kier molecular flexibility index (Phi) is 4.02. The predicted molar refractivity (Wildman–Crippen MR) is 80.5 cm³/mol. The molecule has 0 saturated carbocycles. The molecule has 22 heavy (non-hydrogen) atoms. The Labute approximate surface area is 129 Å². The van der Waals surface area contributed by atoms with E-state index in [-0.39, 0.29) is 11.8 Å². The lowest BCUT2D eigenvalue weighted by Gasteiger charge is -2.23. The van der Waals surface area contributed by atoms with E-state index >= 15 is 0 Å². The first kappa shape index (κ1) is 14.8. The fourth-order valence-electron chi connectivity index (χ4n) is 3.04. The zero-order chi connectivity index (χ0) is 15.7. The number of fused-ring (bicyclic) bond motifs is 1. The summed E-state index contributed by atoms with van der Waals surface area (Å²) in [6, 6.07) is 3.77. The van der Waals surface area contributed by atoms with Gasteiger partial charge in [-0.1, -0.05) is 0 Å². The van der Waals surface area contributed by atoms with Crippen LogP contribution in [0, 0.1) is 19.8 Å². The van der Waals surface area contributed by atoms with Crippen molar-refractivity contribution in [2.45, 2.75) is 26.9 Å². The van der Waals surface area contributed by atoms with Gasteiger partial charge in [-0.3, -0.25) is 9.48 Å². The van der Waals surface area contributed by atoms with Crippen LogP contribution in [-0.4, -0.2) is 40.8 Å². The van der Waals surface area contributed by atoms with Crippen LogP contribution in [0.3, 0.4) is 0 Å². The summed E-state index contributed by atoms with van der Waals surface area (Å²) in [7, 11) is 1.69. The smallest absolute Gasteiger partial charge is 0.257 e. The number of carbonyl (C=O) groups excluding carboxylic acids is 1. The van der Waals surface area contributed by atoms with Gasteiger partial charge >= 0.3 is 0 Å². The molecule has 0 aliphatic carbocycles. The van der Waals surface area contributed by atoms with Gasteiger partial charge in [0.1, 0.15) is 11.5 Å². The Hall–Kier alpha value is -2.08. The van der Waals surface area contributed by atoms with Crippen molar-refractivity contribution >= 4 is 5.91 Å². The Morgan fingerprint density at radius 1 is 1.45 bits per heavy atom. The first-order valence-corrected chi connectivity index (χ1v) is 7.44. The lowest BCUT2D eigenvalue weighted by Crippen LogP contribution is -2.35. The molecule has 0 unspecified atom stereocenters. The molecule has 0 spiro atoms. The van der Waals surface area contributed by atoms with Gasteiger partial charge in [-0.2, -0.15) is 5.10 Å². The molecular weight excluding hydrogens is 282 g/mol. The summed E-state index contributed by atoms with van der Waals surface area (Å²) in [5.41, 5.74) is 1.69. The van der Waals surface area contributed by atoms with E-state index in [4.69, 9.17) is 9.15 Å². The average Bonchev–Trinajstić information content (AvgIpc) is 2.99. The van der Waals surface area contributed by atoms with Crippen molar-refractivity contribution < 1.29 is 13.9 Å². The van der Waals surface area contributed by atoms with Gasteiger partial charge in [-0.15, -0.1) is 0 Å². The molecule has 2 aromatic heterocycles. The molecular formula is C16H21N3O3. The van der Waals surface area contributed by atoms with Gasteiger partial charge in [0.25, 0.3) is 5.91 Å². The van der Waals surface area contributed by atoms with E-state index < -0.39 is 0 Å². The summed E-state index contributed by atoms with van der Waals surface area (Å²) in [5, 5.41) is 4.34. The quantitative estimate of drug-likeness (QED) is 0.870. The summed E-state index contributed by atoms with van der Waals surface area (Å²) in [4.78, 5) is 14.7. The number of nitrogens with zero attached hydrogens (tertiary/aromatic N) is 3. The summed E-state index contributed by atoms with van der Waals surface area (Å²) < 4.78 is 12.8. The summed E-state index contributed by atoms with van der Waals surface area (Å²) >= 11 is 0. The first-order chi connectivity index (χ1) is 10.6. The molecule has 0 aromatic carbocycles. The molecule has 3 heterocycles. The third-order valence-electron chi connectivity index (χ3n) is 4.03. The number of furan rings is 1. The van der Waals surface area contributed by atoms with Crippen molar-refractivity contribution in [3.8, 4) is 0 Å². The zero-order valence-corrected chi connectivity index (χ0v) is 13.2. The van der Waals surface area contributed by atoms with E-state index in [1.54, 1.807) is 13.3 Å². The third-order valence-corrected chi connectivity index (χ3v) is 4.03. The molecule has 0 radical (unpaired) electrons. The van der Waals surface area contributed by atoms with Crippen LogP contribution in [0.1, 0.15) is 27.6 Å². The maximum Gasteiger partial charge on any atom is 0.257 e. The molecule has 0 fully saturated rings. The number of rotatable bonds is 3. The predicted octanol–water partition coefficient (Wildman–Crippen LogP) is 2.01. The molecule has 6 heteroatoms. The van der Waals surface area contributed by atoms with Crippen LogP contribution in [0.5, 0.6) is 0 Å². The second kappa shape index (κ2) is 5.96. The van der Waals surface area contributed by atoms with E-state index in [2.05, 4.69) is 5.10 Å².